The van der Waals surface area contributed by atoms with Crippen molar-refractivity contribution in [2.45, 2.75) is 12.8 Å². The molecule has 1 aromatic carbocycles. The van der Waals surface area contributed by atoms with Crippen molar-refractivity contribution in [3.05, 3.63) is 54.0 Å². The van der Waals surface area contributed by atoms with Gasteiger partial charge in [0, 0.05) is 17.3 Å². The molecule has 3 rings (SSSR count). The van der Waals surface area contributed by atoms with Gasteiger partial charge < -0.3 is 4.74 Å². The Kier molecular flexibility index (Phi) is 2.58. The summed E-state index contributed by atoms with van der Waals surface area (Å²) in [6, 6.07) is 9.85. The molecular weight excluding hydrogens is 212 g/mol. The van der Waals surface area contributed by atoms with Gasteiger partial charge in [-0.2, -0.15) is 0 Å². The van der Waals surface area contributed by atoms with Crippen molar-refractivity contribution in [1.29, 1.82) is 0 Å². The summed E-state index contributed by atoms with van der Waals surface area (Å²) in [6.45, 7) is 0. The zero-order valence-corrected chi connectivity index (χ0v) is 9.34. The molecule has 0 N–H and O–H groups in total. The van der Waals surface area contributed by atoms with Crippen molar-refractivity contribution in [1.82, 2.24) is 9.97 Å². The molecule has 0 fully saturated rings. The summed E-state index contributed by atoms with van der Waals surface area (Å²) < 4.78 is 5.77. The Labute approximate surface area is 99.8 Å². The van der Waals surface area contributed by atoms with Gasteiger partial charge >= 0.3 is 0 Å². The zero-order valence-electron chi connectivity index (χ0n) is 9.34. The minimum Gasteiger partial charge on any atom is -0.438 e. The molecule has 0 atom stereocenters. The molecular formula is C14H12N2O. The molecule has 1 aromatic heterocycles. The second-order valence-electron chi connectivity index (χ2n) is 3.93. The standard InChI is InChI=1S/C14H12N2O/c1-3-7-12-9-14(16-10-15-12)17-13-8-4-2-6-11(13)5-1/h1-2,4-6,8-10H,3,7H2. The topological polar surface area (TPSA) is 35.0 Å². The number of hydrogen-bond donors (Lipinski definition) is 0. The van der Waals surface area contributed by atoms with E-state index in [1.807, 2.05) is 30.3 Å². The van der Waals surface area contributed by atoms with Crippen LogP contribution in [-0.2, 0) is 6.42 Å². The van der Waals surface area contributed by atoms with Gasteiger partial charge in [0.05, 0.1) is 0 Å². The predicted octanol–water partition coefficient (Wildman–Crippen LogP) is 3.23. The van der Waals surface area contributed by atoms with Crippen molar-refractivity contribution in [2.24, 2.45) is 0 Å². The molecule has 2 heterocycles. The molecule has 2 aromatic rings. The van der Waals surface area contributed by atoms with E-state index in [4.69, 9.17) is 4.74 Å². The molecule has 0 aliphatic carbocycles. The second-order valence-corrected chi connectivity index (χ2v) is 3.93. The first kappa shape index (κ1) is 10.0. The van der Waals surface area contributed by atoms with E-state index in [-0.39, 0.29) is 0 Å². The Morgan fingerprint density at radius 3 is 3.06 bits per heavy atom. The SMILES string of the molecule is C1=Cc2ccccc2Oc2cc(ncn2)CC1. The van der Waals surface area contributed by atoms with E-state index in [1.54, 1.807) is 6.33 Å². The zero-order chi connectivity index (χ0) is 11.5. The van der Waals surface area contributed by atoms with E-state index in [9.17, 15) is 0 Å². The molecule has 1 aliphatic heterocycles. The molecule has 84 valence electrons. The van der Waals surface area contributed by atoms with Crippen molar-refractivity contribution >= 4 is 6.08 Å². The number of aromatic nitrogens is 2. The molecule has 0 saturated heterocycles. The molecule has 2 bridgehead atoms. The van der Waals surface area contributed by atoms with Gasteiger partial charge in [-0.05, 0) is 18.9 Å². The van der Waals surface area contributed by atoms with E-state index in [0.717, 1.165) is 29.8 Å². The summed E-state index contributed by atoms with van der Waals surface area (Å²) in [7, 11) is 0. The van der Waals surface area contributed by atoms with Gasteiger partial charge in [0.1, 0.15) is 12.1 Å². The fourth-order valence-electron chi connectivity index (χ4n) is 1.83. The average Bonchev–Trinajstić information content (AvgIpc) is 2.36. The highest BCUT2D eigenvalue weighted by Gasteiger charge is 2.06. The summed E-state index contributed by atoms with van der Waals surface area (Å²) >= 11 is 0. The van der Waals surface area contributed by atoms with Crippen LogP contribution in [0.2, 0.25) is 0 Å². The lowest BCUT2D eigenvalue weighted by atomic mass is 10.1. The monoisotopic (exact) mass is 224 g/mol. The van der Waals surface area contributed by atoms with Crippen molar-refractivity contribution in [3.63, 3.8) is 0 Å². The van der Waals surface area contributed by atoms with E-state index >= 15 is 0 Å². The van der Waals surface area contributed by atoms with Crippen LogP contribution in [0.3, 0.4) is 0 Å². The van der Waals surface area contributed by atoms with Crippen LogP contribution < -0.4 is 4.74 Å². The number of allylic oxidation sites excluding steroid dienone is 1. The van der Waals surface area contributed by atoms with Gasteiger partial charge in [0.25, 0.3) is 0 Å². The lowest BCUT2D eigenvalue weighted by Gasteiger charge is -2.10. The van der Waals surface area contributed by atoms with Crippen LogP contribution in [0.5, 0.6) is 11.6 Å². The van der Waals surface area contributed by atoms with Crippen LogP contribution in [0.4, 0.5) is 0 Å². The number of hydrogen-bond acceptors (Lipinski definition) is 3. The lowest BCUT2D eigenvalue weighted by molar-refractivity contribution is 0.459. The first-order chi connectivity index (χ1) is 8.42. The van der Waals surface area contributed by atoms with Crippen molar-refractivity contribution in [3.8, 4) is 11.6 Å². The van der Waals surface area contributed by atoms with Crippen LogP contribution in [-0.4, -0.2) is 9.97 Å². The molecule has 1 aliphatic rings. The maximum atomic E-state index is 5.77. The molecule has 0 unspecified atom stereocenters. The average molecular weight is 224 g/mol. The number of benzene rings is 1. The minimum absolute atomic E-state index is 0.609. The molecule has 3 nitrogen and oxygen atoms in total. The molecule has 0 radical (unpaired) electrons. The number of rotatable bonds is 0. The first-order valence-electron chi connectivity index (χ1n) is 5.66. The lowest BCUT2D eigenvalue weighted by Crippen LogP contribution is -1.96. The van der Waals surface area contributed by atoms with E-state index in [2.05, 4.69) is 22.1 Å². The normalized spacial score (nSPS) is 13.6. The van der Waals surface area contributed by atoms with Gasteiger partial charge in [-0.15, -0.1) is 0 Å². The van der Waals surface area contributed by atoms with Gasteiger partial charge in [0.2, 0.25) is 5.88 Å². The molecule has 0 spiro atoms. The highest BCUT2D eigenvalue weighted by Crippen LogP contribution is 2.26. The predicted molar refractivity (Wildman–Crippen MR) is 65.9 cm³/mol. The highest BCUT2D eigenvalue weighted by atomic mass is 16.5. The summed E-state index contributed by atoms with van der Waals surface area (Å²) in [6.07, 6.45) is 7.68. The number of fused-ring (bicyclic) bond motifs is 3. The summed E-state index contributed by atoms with van der Waals surface area (Å²) in [5.41, 5.74) is 2.09. The van der Waals surface area contributed by atoms with Gasteiger partial charge in [-0.1, -0.05) is 30.4 Å². The Morgan fingerprint density at radius 1 is 1.12 bits per heavy atom. The van der Waals surface area contributed by atoms with Crippen LogP contribution in [0.25, 0.3) is 6.08 Å². The Bertz CT molecular complexity index is 564. The Balaban J connectivity index is 2.07. The van der Waals surface area contributed by atoms with Gasteiger partial charge in [-0.3, -0.25) is 0 Å². The molecule has 17 heavy (non-hydrogen) atoms. The van der Waals surface area contributed by atoms with Crippen molar-refractivity contribution in [2.75, 3.05) is 0 Å². The van der Waals surface area contributed by atoms with Crippen LogP contribution in [0, 0.1) is 0 Å². The molecule has 0 saturated carbocycles. The minimum atomic E-state index is 0.609. The fraction of sp³-hybridized carbons (Fsp3) is 0.143. The van der Waals surface area contributed by atoms with Crippen LogP contribution in [0.15, 0.2) is 42.7 Å². The second kappa shape index (κ2) is 4.37. The third-order valence-corrected chi connectivity index (χ3v) is 2.70. The third kappa shape index (κ3) is 2.18. The summed E-state index contributed by atoms with van der Waals surface area (Å²) in [5, 5.41) is 0. The number of para-hydroxylation sites is 1. The Morgan fingerprint density at radius 2 is 2.06 bits per heavy atom. The third-order valence-electron chi connectivity index (χ3n) is 2.70. The maximum absolute atomic E-state index is 5.77. The number of aryl methyl sites for hydroxylation is 1. The fourth-order valence-corrected chi connectivity index (χ4v) is 1.83. The number of nitrogens with zero attached hydrogens (tertiary/aromatic N) is 2. The van der Waals surface area contributed by atoms with Crippen molar-refractivity contribution < 1.29 is 4.74 Å². The summed E-state index contributed by atoms with van der Waals surface area (Å²) in [5.74, 6) is 1.44. The quantitative estimate of drug-likeness (QED) is 0.689. The van der Waals surface area contributed by atoms with E-state index in [1.165, 1.54) is 0 Å². The Hall–Kier alpha value is -2.16. The molecule has 0 amide bonds. The first-order valence-corrected chi connectivity index (χ1v) is 5.66. The van der Waals surface area contributed by atoms with Crippen LogP contribution in [0.1, 0.15) is 17.7 Å². The number of ether oxygens (including phenoxy) is 1. The summed E-state index contributed by atoms with van der Waals surface area (Å²) in [4.78, 5) is 8.34. The van der Waals surface area contributed by atoms with E-state index < -0.39 is 0 Å². The smallest absolute Gasteiger partial charge is 0.222 e. The maximum Gasteiger partial charge on any atom is 0.222 e. The van der Waals surface area contributed by atoms with Crippen LogP contribution >= 0.6 is 0 Å². The van der Waals surface area contributed by atoms with E-state index in [0.29, 0.717) is 5.88 Å². The van der Waals surface area contributed by atoms with Gasteiger partial charge in [-0.25, -0.2) is 9.97 Å². The largest absolute Gasteiger partial charge is 0.438 e. The molecule has 3 heteroatoms. The highest BCUT2D eigenvalue weighted by molar-refractivity contribution is 5.57. The van der Waals surface area contributed by atoms with Gasteiger partial charge in [0.15, 0.2) is 0 Å².